The molecular formula is C24H37FN4O2. The maximum absolute atomic E-state index is 14.4. The van der Waals surface area contributed by atoms with Crippen molar-refractivity contribution < 1.29 is 16.6 Å². The Bertz CT molecular complexity index is 824. The van der Waals surface area contributed by atoms with Crippen molar-refractivity contribution in [1.29, 1.82) is 0 Å². The lowest BCUT2D eigenvalue weighted by Gasteiger charge is -2.39. The van der Waals surface area contributed by atoms with Crippen LogP contribution >= 0.6 is 0 Å². The minimum Gasteiger partial charge on any atom is -0.494 e. The number of amidine groups is 1. The molecule has 0 bridgehead atoms. The Balaban J connectivity index is 1.57. The zero-order chi connectivity index (χ0) is 23.4. The number of likely N-dealkylation sites (tertiary alicyclic amines) is 1. The first kappa shape index (κ1) is 19.6. The molecule has 4 rings (SSSR count). The number of anilines is 1. The fourth-order valence-electron chi connectivity index (χ4n) is 4.90. The SMILES string of the molecule is [2H]C1N=C(OCC2CCCCC2)N(CC2CCCN2CC)C([2H])N1c1ccc(OC)c(F)c1. The molecule has 2 heterocycles. The molecule has 3 aliphatic rings. The number of hydrogen-bond acceptors (Lipinski definition) is 6. The van der Waals surface area contributed by atoms with E-state index in [4.69, 9.17) is 12.2 Å². The van der Waals surface area contributed by atoms with Crippen molar-refractivity contribution >= 4 is 11.7 Å². The number of halogens is 1. The van der Waals surface area contributed by atoms with Crippen LogP contribution in [0.2, 0.25) is 0 Å². The van der Waals surface area contributed by atoms with Crippen molar-refractivity contribution in [3.8, 4) is 5.75 Å². The molecule has 0 amide bonds. The monoisotopic (exact) mass is 434 g/mol. The quantitative estimate of drug-likeness (QED) is 0.640. The van der Waals surface area contributed by atoms with Crippen LogP contribution in [-0.2, 0) is 4.74 Å². The van der Waals surface area contributed by atoms with E-state index in [1.54, 1.807) is 6.07 Å². The first-order valence-electron chi connectivity index (χ1n) is 12.8. The standard InChI is InChI=1S/C24H37FN4O2/c1-3-27-13-7-10-21(27)15-28-18-29(20-11-12-23(30-2)22(25)14-20)17-26-24(28)31-16-19-8-5-4-6-9-19/h11-12,14,19,21H,3-10,13,15-18H2,1-2H3/i17D,18D. The summed E-state index contributed by atoms with van der Waals surface area (Å²) in [6.45, 7) is 3.35. The maximum Gasteiger partial charge on any atom is 0.290 e. The van der Waals surface area contributed by atoms with Crippen molar-refractivity contribution in [2.45, 2.75) is 57.9 Å². The van der Waals surface area contributed by atoms with E-state index in [-0.39, 0.29) is 5.75 Å². The summed E-state index contributed by atoms with van der Waals surface area (Å²) in [7, 11) is 1.42. The summed E-state index contributed by atoms with van der Waals surface area (Å²) in [5.41, 5.74) is 0.437. The molecule has 1 aromatic rings. The normalized spacial score (nSPS) is 28.9. The van der Waals surface area contributed by atoms with Crippen LogP contribution in [0.15, 0.2) is 23.2 Å². The van der Waals surface area contributed by atoms with E-state index >= 15 is 0 Å². The lowest BCUT2D eigenvalue weighted by Crippen LogP contribution is -2.52. The van der Waals surface area contributed by atoms with Crippen LogP contribution in [0.3, 0.4) is 0 Å². The van der Waals surface area contributed by atoms with Crippen molar-refractivity contribution in [1.82, 2.24) is 9.80 Å². The van der Waals surface area contributed by atoms with Gasteiger partial charge in [0.1, 0.15) is 6.64 Å². The number of methoxy groups -OCH3 is 1. The van der Waals surface area contributed by atoms with Gasteiger partial charge in [-0.15, -0.1) is 0 Å². The highest BCUT2D eigenvalue weighted by Crippen LogP contribution is 2.27. The molecule has 2 fully saturated rings. The van der Waals surface area contributed by atoms with E-state index < -0.39 is 19.1 Å². The first-order chi connectivity index (χ1) is 16.0. The van der Waals surface area contributed by atoms with Crippen LogP contribution in [-0.4, -0.2) is 68.5 Å². The molecule has 0 N–H and O–H groups in total. The Kier molecular flexibility index (Phi) is 6.67. The lowest BCUT2D eigenvalue weighted by molar-refractivity contribution is 0.144. The Hall–Kier alpha value is -2.02. The predicted molar refractivity (Wildman–Crippen MR) is 122 cm³/mol. The minimum absolute atomic E-state index is 0.139. The second kappa shape index (κ2) is 10.5. The Morgan fingerprint density at radius 1 is 1.19 bits per heavy atom. The van der Waals surface area contributed by atoms with Gasteiger partial charge in [-0.2, -0.15) is 0 Å². The second-order valence-electron chi connectivity index (χ2n) is 8.76. The summed E-state index contributed by atoms with van der Waals surface area (Å²) in [4.78, 5) is 10.3. The van der Waals surface area contributed by atoms with Gasteiger partial charge in [-0.25, -0.2) is 9.38 Å². The predicted octanol–water partition coefficient (Wildman–Crippen LogP) is 4.31. The van der Waals surface area contributed by atoms with Gasteiger partial charge in [0.2, 0.25) is 0 Å². The molecule has 31 heavy (non-hydrogen) atoms. The maximum atomic E-state index is 14.4. The molecule has 0 aromatic heterocycles. The van der Waals surface area contributed by atoms with Crippen molar-refractivity contribution in [3.63, 3.8) is 0 Å². The third kappa shape index (κ3) is 5.43. The average molecular weight is 435 g/mol. The van der Waals surface area contributed by atoms with Crippen LogP contribution in [0, 0.1) is 11.7 Å². The van der Waals surface area contributed by atoms with Gasteiger partial charge in [0.15, 0.2) is 11.6 Å². The summed E-state index contributed by atoms with van der Waals surface area (Å²) in [5, 5.41) is 0. The lowest BCUT2D eigenvalue weighted by atomic mass is 9.90. The molecule has 6 nitrogen and oxygen atoms in total. The first-order valence-corrected chi connectivity index (χ1v) is 11.7. The summed E-state index contributed by atoms with van der Waals surface area (Å²) in [5.74, 6) is 0.126. The van der Waals surface area contributed by atoms with Crippen molar-refractivity contribution in [2.75, 3.05) is 51.5 Å². The summed E-state index contributed by atoms with van der Waals surface area (Å²) < 4.78 is 43.3. The van der Waals surface area contributed by atoms with Gasteiger partial charge in [-0.1, -0.05) is 26.2 Å². The third-order valence-electron chi connectivity index (χ3n) is 6.72. The number of aliphatic imine (C=N–C) groups is 1. The highest BCUT2D eigenvalue weighted by Gasteiger charge is 2.30. The zero-order valence-electron chi connectivity index (χ0n) is 20.8. The molecule has 7 heteroatoms. The summed E-state index contributed by atoms with van der Waals surface area (Å²) >= 11 is 0. The zero-order valence-corrected chi connectivity index (χ0v) is 18.8. The third-order valence-corrected chi connectivity index (χ3v) is 6.72. The Morgan fingerprint density at radius 2 is 2.03 bits per heavy atom. The molecule has 1 saturated carbocycles. The number of hydrogen-bond donors (Lipinski definition) is 0. The Morgan fingerprint density at radius 3 is 2.77 bits per heavy atom. The van der Waals surface area contributed by atoms with Gasteiger partial charge in [0, 0.05) is 24.3 Å². The number of rotatable bonds is 7. The largest absolute Gasteiger partial charge is 0.494 e. The Labute approximate surface area is 188 Å². The van der Waals surface area contributed by atoms with Crippen LogP contribution in [0.25, 0.3) is 0 Å². The van der Waals surface area contributed by atoms with E-state index in [2.05, 4.69) is 16.8 Å². The smallest absolute Gasteiger partial charge is 0.290 e. The van der Waals surface area contributed by atoms with E-state index in [0.29, 0.717) is 36.8 Å². The summed E-state index contributed by atoms with van der Waals surface area (Å²) in [6.07, 6.45) is 8.27. The molecule has 0 spiro atoms. The molecule has 3 unspecified atom stereocenters. The molecule has 1 saturated heterocycles. The highest BCUT2D eigenvalue weighted by atomic mass is 19.1. The van der Waals surface area contributed by atoms with Gasteiger partial charge in [0.25, 0.3) is 6.02 Å². The number of benzene rings is 1. The molecule has 2 aliphatic heterocycles. The van der Waals surface area contributed by atoms with Crippen LogP contribution < -0.4 is 9.64 Å². The van der Waals surface area contributed by atoms with Crippen molar-refractivity contribution in [3.05, 3.63) is 24.0 Å². The van der Waals surface area contributed by atoms with Gasteiger partial charge >= 0.3 is 0 Å². The molecular weight excluding hydrogens is 395 g/mol. The van der Waals surface area contributed by atoms with Gasteiger partial charge in [-0.3, -0.25) is 4.90 Å². The van der Waals surface area contributed by atoms with Crippen molar-refractivity contribution in [2.24, 2.45) is 10.9 Å². The van der Waals surface area contributed by atoms with E-state index in [1.165, 1.54) is 43.4 Å². The average Bonchev–Trinajstić information content (AvgIpc) is 3.28. The van der Waals surface area contributed by atoms with E-state index in [1.807, 2.05) is 4.90 Å². The van der Waals surface area contributed by atoms with E-state index in [9.17, 15) is 4.39 Å². The van der Waals surface area contributed by atoms with Gasteiger partial charge < -0.3 is 19.3 Å². The van der Waals surface area contributed by atoms with Crippen LogP contribution in [0.1, 0.15) is 54.6 Å². The molecule has 172 valence electrons. The molecule has 1 aliphatic carbocycles. The number of likely N-dealkylation sites (N-methyl/N-ethyl adjacent to an activating group) is 1. The number of ether oxygens (including phenoxy) is 2. The minimum atomic E-state index is -1.08. The molecule has 3 atom stereocenters. The van der Waals surface area contributed by atoms with Gasteiger partial charge in [-0.05, 0) is 56.8 Å². The van der Waals surface area contributed by atoms with E-state index in [0.717, 1.165) is 38.8 Å². The molecule has 0 radical (unpaired) electrons. The topological polar surface area (TPSA) is 40.5 Å². The second-order valence-corrected chi connectivity index (χ2v) is 8.76. The molecule has 1 aromatic carbocycles. The van der Waals surface area contributed by atoms with Crippen LogP contribution in [0.5, 0.6) is 5.75 Å². The number of nitrogens with zero attached hydrogens (tertiary/aromatic N) is 4. The fraction of sp³-hybridized carbons (Fsp3) is 0.708. The van der Waals surface area contributed by atoms with Gasteiger partial charge in [0.05, 0.1) is 23.1 Å². The summed E-state index contributed by atoms with van der Waals surface area (Å²) in [6, 6.07) is 5.22. The van der Waals surface area contributed by atoms with Crippen LogP contribution in [0.4, 0.5) is 10.1 Å². The fourth-order valence-corrected chi connectivity index (χ4v) is 4.90. The highest BCUT2D eigenvalue weighted by molar-refractivity contribution is 5.75.